The first-order valence-electron chi connectivity index (χ1n) is 4.42. The molecule has 0 fully saturated rings. The Kier molecular flexibility index (Phi) is 3.52. The molecule has 0 saturated heterocycles. The van der Waals surface area contributed by atoms with E-state index in [-0.39, 0.29) is 0 Å². The highest BCUT2D eigenvalue weighted by molar-refractivity contribution is 5.65. The van der Waals surface area contributed by atoms with Crippen molar-refractivity contribution >= 4 is 11.9 Å². The quantitative estimate of drug-likeness (QED) is 0.602. The molecule has 1 atom stereocenters. The van der Waals surface area contributed by atoms with Gasteiger partial charge in [-0.25, -0.2) is 0 Å². The van der Waals surface area contributed by atoms with Crippen LogP contribution in [-0.2, 0) is 0 Å². The maximum atomic E-state index is 4.35. The molecule has 0 aliphatic rings. The molecular weight excluding hydrogens is 146 g/mol. The lowest BCUT2D eigenvalue weighted by molar-refractivity contribution is 0.755. The third-order valence-corrected chi connectivity index (χ3v) is 1.88. The highest BCUT2D eigenvalue weighted by atomic mass is 14.7. The van der Waals surface area contributed by atoms with Gasteiger partial charge in [-0.1, -0.05) is 32.0 Å². The van der Waals surface area contributed by atoms with Gasteiger partial charge >= 0.3 is 0 Å². The molecule has 0 radical (unpaired) electrons. The first-order chi connectivity index (χ1) is 5.83. The Morgan fingerprint density at radius 3 is 2.58 bits per heavy atom. The molecule has 0 aliphatic heterocycles. The number of aliphatic imine (C=N–C) groups is 1. The molecule has 1 rings (SSSR count). The minimum atomic E-state index is 0.574. The monoisotopic (exact) mass is 161 g/mol. The second kappa shape index (κ2) is 4.70. The molecular formula is C11H15N. The number of hydrogen-bond donors (Lipinski definition) is 0. The molecule has 0 aromatic heterocycles. The van der Waals surface area contributed by atoms with Gasteiger partial charge in [0, 0.05) is 6.21 Å². The van der Waals surface area contributed by atoms with Crippen LogP contribution < -0.4 is 0 Å². The molecule has 1 unspecified atom stereocenters. The summed E-state index contributed by atoms with van der Waals surface area (Å²) in [6, 6.07) is 10.0. The van der Waals surface area contributed by atoms with Gasteiger partial charge < -0.3 is 0 Å². The van der Waals surface area contributed by atoms with Crippen LogP contribution in [0.3, 0.4) is 0 Å². The highest BCUT2D eigenvalue weighted by Crippen LogP contribution is 2.09. The van der Waals surface area contributed by atoms with E-state index in [0.29, 0.717) is 5.92 Å². The number of para-hydroxylation sites is 1. The summed E-state index contributed by atoms with van der Waals surface area (Å²) in [4.78, 5) is 4.35. The summed E-state index contributed by atoms with van der Waals surface area (Å²) >= 11 is 0. The van der Waals surface area contributed by atoms with E-state index < -0.39 is 0 Å². The third-order valence-electron chi connectivity index (χ3n) is 1.88. The first kappa shape index (κ1) is 8.98. The minimum Gasteiger partial charge on any atom is -0.261 e. The van der Waals surface area contributed by atoms with Crippen LogP contribution in [-0.4, -0.2) is 6.21 Å². The molecule has 1 heteroatoms. The molecule has 0 N–H and O–H groups in total. The fraction of sp³-hybridized carbons (Fsp3) is 0.364. The highest BCUT2D eigenvalue weighted by Gasteiger charge is 1.91. The van der Waals surface area contributed by atoms with Crippen molar-refractivity contribution in [1.29, 1.82) is 0 Å². The standard InChI is InChI=1S/C11H15N/c1-3-10(2)9-12-11-7-5-4-6-8-11/h4-10H,3H2,1-2H3/b12-9+. The lowest BCUT2D eigenvalue weighted by Gasteiger charge is -1.98. The van der Waals surface area contributed by atoms with Crippen molar-refractivity contribution in [1.82, 2.24) is 0 Å². The van der Waals surface area contributed by atoms with Crippen molar-refractivity contribution in [3.63, 3.8) is 0 Å². The van der Waals surface area contributed by atoms with Crippen molar-refractivity contribution in [2.75, 3.05) is 0 Å². The van der Waals surface area contributed by atoms with Crippen molar-refractivity contribution in [2.24, 2.45) is 10.9 Å². The number of rotatable bonds is 3. The lowest BCUT2D eigenvalue weighted by atomic mass is 10.1. The van der Waals surface area contributed by atoms with Gasteiger partial charge in [-0.3, -0.25) is 4.99 Å². The van der Waals surface area contributed by atoms with Crippen LogP contribution in [0.25, 0.3) is 0 Å². The molecule has 12 heavy (non-hydrogen) atoms. The van der Waals surface area contributed by atoms with E-state index in [1.54, 1.807) is 0 Å². The second-order valence-corrected chi connectivity index (χ2v) is 3.00. The van der Waals surface area contributed by atoms with Crippen LogP contribution >= 0.6 is 0 Å². The smallest absolute Gasteiger partial charge is 0.0625 e. The third kappa shape index (κ3) is 2.87. The fourth-order valence-electron chi connectivity index (χ4n) is 0.833. The van der Waals surface area contributed by atoms with E-state index in [0.717, 1.165) is 12.1 Å². The van der Waals surface area contributed by atoms with Gasteiger partial charge in [-0.15, -0.1) is 0 Å². The van der Waals surface area contributed by atoms with E-state index in [1.165, 1.54) is 0 Å². The van der Waals surface area contributed by atoms with Gasteiger partial charge in [0.15, 0.2) is 0 Å². The Balaban J connectivity index is 2.58. The van der Waals surface area contributed by atoms with E-state index in [4.69, 9.17) is 0 Å². The Hall–Kier alpha value is -1.11. The predicted molar refractivity (Wildman–Crippen MR) is 54.0 cm³/mol. The van der Waals surface area contributed by atoms with E-state index >= 15 is 0 Å². The van der Waals surface area contributed by atoms with Crippen LogP contribution in [0.1, 0.15) is 20.3 Å². The second-order valence-electron chi connectivity index (χ2n) is 3.00. The van der Waals surface area contributed by atoms with E-state index in [2.05, 4.69) is 18.8 Å². The molecule has 1 aromatic carbocycles. The zero-order chi connectivity index (χ0) is 8.81. The van der Waals surface area contributed by atoms with Crippen molar-refractivity contribution < 1.29 is 0 Å². The maximum absolute atomic E-state index is 4.35. The molecule has 0 saturated carbocycles. The largest absolute Gasteiger partial charge is 0.261 e. The van der Waals surface area contributed by atoms with Crippen LogP contribution in [0, 0.1) is 5.92 Å². The fourth-order valence-corrected chi connectivity index (χ4v) is 0.833. The van der Waals surface area contributed by atoms with E-state index in [9.17, 15) is 0 Å². The molecule has 0 heterocycles. The molecule has 0 bridgehead atoms. The Morgan fingerprint density at radius 2 is 2.00 bits per heavy atom. The Labute approximate surface area is 74.2 Å². The van der Waals surface area contributed by atoms with Crippen LogP contribution in [0.2, 0.25) is 0 Å². The van der Waals surface area contributed by atoms with Gasteiger partial charge in [0.05, 0.1) is 5.69 Å². The van der Waals surface area contributed by atoms with Gasteiger partial charge in [0.1, 0.15) is 0 Å². The van der Waals surface area contributed by atoms with Crippen LogP contribution in [0.4, 0.5) is 5.69 Å². The predicted octanol–water partition coefficient (Wildman–Crippen LogP) is 3.44. The SMILES string of the molecule is CCC(C)/C=N/c1ccccc1. The van der Waals surface area contributed by atoms with Crippen molar-refractivity contribution in [2.45, 2.75) is 20.3 Å². The Morgan fingerprint density at radius 1 is 1.33 bits per heavy atom. The van der Waals surface area contributed by atoms with Crippen LogP contribution in [0.5, 0.6) is 0 Å². The summed E-state index contributed by atoms with van der Waals surface area (Å²) < 4.78 is 0. The lowest BCUT2D eigenvalue weighted by Crippen LogP contribution is -1.91. The molecule has 1 aromatic rings. The summed E-state index contributed by atoms with van der Waals surface area (Å²) in [5.74, 6) is 0.574. The molecule has 0 spiro atoms. The summed E-state index contributed by atoms with van der Waals surface area (Å²) in [5, 5.41) is 0. The van der Waals surface area contributed by atoms with Gasteiger partial charge in [0.2, 0.25) is 0 Å². The summed E-state index contributed by atoms with van der Waals surface area (Å²) in [5.41, 5.74) is 1.04. The maximum Gasteiger partial charge on any atom is 0.0625 e. The topological polar surface area (TPSA) is 12.4 Å². The van der Waals surface area contributed by atoms with Gasteiger partial charge in [-0.05, 0) is 24.5 Å². The zero-order valence-corrected chi connectivity index (χ0v) is 7.70. The summed E-state index contributed by atoms with van der Waals surface area (Å²) in [6.07, 6.45) is 3.16. The van der Waals surface area contributed by atoms with E-state index in [1.807, 2.05) is 36.5 Å². The van der Waals surface area contributed by atoms with Crippen molar-refractivity contribution in [3.05, 3.63) is 30.3 Å². The van der Waals surface area contributed by atoms with Crippen molar-refractivity contribution in [3.8, 4) is 0 Å². The number of benzene rings is 1. The normalized spacial score (nSPS) is 13.5. The average molecular weight is 161 g/mol. The van der Waals surface area contributed by atoms with Gasteiger partial charge in [0.25, 0.3) is 0 Å². The summed E-state index contributed by atoms with van der Waals surface area (Å²) in [6.45, 7) is 4.34. The van der Waals surface area contributed by atoms with Crippen LogP contribution in [0.15, 0.2) is 35.3 Å². The molecule has 0 amide bonds. The zero-order valence-electron chi connectivity index (χ0n) is 7.70. The van der Waals surface area contributed by atoms with Gasteiger partial charge in [-0.2, -0.15) is 0 Å². The summed E-state index contributed by atoms with van der Waals surface area (Å²) in [7, 11) is 0. The molecule has 64 valence electrons. The molecule has 0 aliphatic carbocycles. The number of hydrogen-bond acceptors (Lipinski definition) is 1. The number of nitrogens with zero attached hydrogens (tertiary/aromatic N) is 1. The first-order valence-corrected chi connectivity index (χ1v) is 4.42. The average Bonchev–Trinajstić information content (AvgIpc) is 2.16. The minimum absolute atomic E-state index is 0.574. The molecule has 1 nitrogen and oxygen atoms in total. The Bertz CT molecular complexity index is 238.